The minimum Gasteiger partial charge on any atom is -0.503 e. The average molecular weight is 345 g/mol. The fraction of sp³-hybridized carbons (Fsp3) is 0.526. The Morgan fingerprint density at radius 1 is 1.36 bits per heavy atom. The molecule has 0 aromatic carbocycles. The molecule has 0 radical (unpaired) electrons. The van der Waals surface area contributed by atoms with Crippen LogP contribution in [0.2, 0.25) is 0 Å². The van der Waals surface area contributed by atoms with Crippen molar-refractivity contribution in [1.29, 1.82) is 0 Å². The van der Waals surface area contributed by atoms with Crippen molar-refractivity contribution in [3.8, 4) is 0 Å². The molecule has 1 aromatic heterocycles. The van der Waals surface area contributed by atoms with Crippen LogP contribution >= 0.6 is 0 Å². The summed E-state index contributed by atoms with van der Waals surface area (Å²) in [6, 6.07) is 3.01. The third-order valence-corrected chi connectivity index (χ3v) is 4.23. The Bertz CT molecular complexity index is 675. The van der Waals surface area contributed by atoms with E-state index in [1.165, 1.54) is 0 Å². The van der Waals surface area contributed by atoms with E-state index in [0.29, 0.717) is 6.54 Å². The van der Waals surface area contributed by atoms with E-state index in [1.807, 2.05) is 25.1 Å². The zero-order chi connectivity index (χ0) is 18.8. The summed E-state index contributed by atoms with van der Waals surface area (Å²) >= 11 is 0. The predicted molar refractivity (Wildman–Crippen MR) is 96.0 cm³/mol. The Labute approximate surface area is 149 Å². The fourth-order valence-corrected chi connectivity index (χ4v) is 2.96. The highest BCUT2D eigenvalue weighted by molar-refractivity contribution is 6.10. The number of aliphatic hydroxyl groups is 1. The molecule has 0 bridgehead atoms. The zero-order valence-corrected chi connectivity index (χ0v) is 15.6. The van der Waals surface area contributed by atoms with Gasteiger partial charge in [-0.3, -0.25) is 14.6 Å². The minimum atomic E-state index is -0.691. The Balaban J connectivity index is 2.42. The van der Waals surface area contributed by atoms with Gasteiger partial charge in [0.25, 0.3) is 5.91 Å². The van der Waals surface area contributed by atoms with Crippen LogP contribution in [-0.2, 0) is 9.59 Å². The molecule has 1 N–H and O–H groups in total. The molecule has 6 nitrogen and oxygen atoms in total. The number of ketones is 1. The lowest BCUT2D eigenvalue weighted by Crippen LogP contribution is -2.34. The number of hydrogen-bond acceptors (Lipinski definition) is 5. The molecule has 2 rings (SSSR count). The lowest BCUT2D eigenvalue weighted by molar-refractivity contribution is -0.129. The molecule has 2 heterocycles. The number of aliphatic hydroxyl groups excluding tert-OH is 1. The number of amides is 1. The van der Waals surface area contributed by atoms with Crippen molar-refractivity contribution >= 4 is 11.7 Å². The summed E-state index contributed by atoms with van der Waals surface area (Å²) < 4.78 is 0. The maximum Gasteiger partial charge on any atom is 0.290 e. The van der Waals surface area contributed by atoms with E-state index in [2.05, 4.69) is 4.98 Å². The first-order chi connectivity index (χ1) is 11.6. The second-order valence-corrected chi connectivity index (χ2v) is 7.69. The van der Waals surface area contributed by atoms with Crippen molar-refractivity contribution in [2.24, 2.45) is 5.41 Å². The largest absolute Gasteiger partial charge is 0.503 e. The van der Waals surface area contributed by atoms with Crippen LogP contribution in [-0.4, -0.2) is 58.8 Å². The summed E-state index contributed by atoms with van der Waals surface area (Å²) in [5.74, 6) is -1.14. The lowest BCUT2D eigenvalue weighted by Gasteiger charge is -2.29. The molecule has 1 amide bonds. The van der Waals surface area contributed by atoms with E-state index in [4.69, 9.17) is 0 Å². The van der Waals surface area contributed by atoms with Crippen molar-refractivity contribution in [3.63, 3.8) is 0 Å². The molecule has 0 aliphatic carbocycles. The summed E-state index contributed by atoms with van der Waals surface area (Å²) in [7, 11) is 3.93. The van der Waals surface area contributed by atoms with Crippen molar-refractivity contribution < 1.29 is 14.7 Å². The number of nitrogens with zero attached hydrogens (tertiary/aromatic N) is 3. The van der Waals surface area contributed by atoms with Gasteiger partial charge in [0.1, 0.15) is 0 Å². The van der Waals surface area contributed by atoms with Gasteiger partial charge in [-0.2, -0.15) is 0 Å². The predicted octanol–water partition coefficient (Wildman–Crippen LogP) is 2.34. The Morgan fingerprint density at radius 2 is 2.04 bits per heavy atom. The summed E-state index contributed by atoms with van der Waals surface area (Å²) in [5.41, 5.74) is 0.219. The van der Waals surface area contributed by atoms with Crippen LogP contribution in [0, 0.1) is 5.41 Å². The van der Waals surface area contributed by atoms with E-state index in [0.717, 1.165) is 18.5 Å². The summed E-state index contributed by atoms with van der Waals surface area (Å²) in [4.78, 5) is 33.3. The number of pyridine rings is 1. The van der Waals surface area contributed by atoms with Crippen LogP contribution in [0.1, 0.15) is 38.8 Å². The molecular weight excluding hydrogens is 318 g/mol. The third kappa shape index (κ3) is 4.07. The average Bonchev–Trinajstić information content (AvgIpc) is 2.78. The zero-order valence-electron chi connectivity index (χ0n) is 15.6. The van der Waals surface area contributed by atoms with Crippen molar-refractivity contribution in [3.05, 3.63) is 41.4 Å². The Kier molecular flexibility index (Phi) is 5.62. The maximum absolute atomic E-state index is 12.9. The van der Waals surface area contributed by atoms with E-state index in [1.54, 1.807) is 44.1 Å². The minimum absolute atomic E-state index is 0.176. The van der Waals surface area contributed by atoms with Gasteiger partial charge in [-0.1, -0.05) is 26.8 Å². The van der Waals surface area contributed by atoms with Gasteiger partial charge < -0.3 is 14.9 Å². The number of carbonyl (C=O) groups is 2. The van der Waals surface area contributed by atoms with E-state index in [9.17, 15) is 14.7 Å². The van der Waals surface area contributed by atoms with Crippen LogP contribution in [0.15, 0.2) is 35.9 Å². The molecule has 1 aliphatic heterocycles. The number of carbonyl (C=O) groups excluding carboxylic acids is 2. The van der Waals surface area contributed by atoms with Crippen LogP contribution in [0.3, 0.4) is 0 Å². The van der Waals surface area contributed by atoms with Gasteiger partial charge >= 0.3 is 0 Å². The number of aromatic nitrogens is 1. The summed E-state index contributed by atoms with van der Waals surface area (Å²) in [6.07, 6.45) is 4.04. The van der Waals surface area contributed by atoms with E-state index >= 15 is 0 Å². The second kappa shape index (κ2) is 7.35. The molecule has 136 valence electrons. The standard InChI is InChI=1S/C19H27N3O3/c1-19(2,3)17(24)14-15(13-8-6-9-20-12-13)22(18(25)16(14)23)11-7-10-21(4)5/h6,8-9,12,15,23H,7,10-11H2,1-5H3. The van der Waals surface area contributed by atoms with Crippen LogP contribution in [0.4, 0.5) is 0 Å². The van der Waals surface area contributed by atoms with Gasteiger partial charge in [0.15, 0.2) is 11.5 Å². The molecular formula is C19H27N3O3. The molecule has 1 aliphatic rings. The number of hydrogen-bond donors (Lipinski definition) is 1. The highest BCUT2D eigenvalue weighted by Crippen LogP contribution is 2.40. The van der Waals surface area contributed by atoms with Gasteiger partial charge in [-0.05, 0) is 38.7 Å². The smallest absolute Gasteiger partial charge is 0.290 e. The lowest BCUT2D eigenvalue weighted by atomic mass is 9.82. The highest BCUT2D eigenvalue weighted by Gasteiger charge is 2.45. The summed E-state index contributed by atoms with van der Waals surface area (Å²) in [5, 5.41) is 10.4. The van der Waals surface area contributed by atoms with Gasteiger partial charge in [-0.25, -0.2) is 0 Å². The molecule has 0 fully saturated rings. The van der Waals surface area contributed by atoms with E-state index < -0.39 is 23.1 Å². The highest BCUT2D eigenvalue weighted by atomic mass is 16.3. The van der Waals surface area contributed by atoms with Crippen LogP contribution in [0.25, 0.3) is 0 Å². The van der Waals surface area contributed by atoms with Crippen molar-refractivity contribution in [1.82, 2.24) is 14.8 Å². The first-order valence-electron chi connectivity index (χ1n) is 8.48. The van der Waals surface area contributed by atoms with Crippen LogP contribution in [0.5, 0.6) is 0 Å². The molecule has 0 spiro atoms. The monoisotopic (exact) mass is 345 g/mol. The van der Waals surface area contributed by atoms with Crippen LogP contribution < -0.4 is 0 Å². The Morgan fingerprint density at radius 3 is 2.56 bits per heavy atom. The molecule has 1 atom stereocenters. The SMILES string of the molecule is CN(C)CCCN1C(=O)C(O)=C(C(=O)C(C)(C)C)C1c1cccnc1. The van der Waals surface area contributed by atoms with Gasteiger partial charge in [-0.15, -0.1) is 0 Å². The van der Waals surface area contributed by atoms with Crippen molar-refractivity contribution in [2.45, 2.75) is 33.2 Å². The van der Waals surface area contributed by atoms with Crippen molar-refractivity contribution in [2.75, 3.05) is 27.2 Å². The molecule has 6 heteroatoms. The first-order valence-corrected chi connectivity index (χ1v) is 8.48. The second-order valence-electron chi connectivity index (χ2n) is 7.69. The maximum atomic E-state index is 12.9. The molecule has 1 unspecified atom stereocenters. The first kappa shape index (κ1) is 19.1. The molecule has 0 saturated carbocycles. The van der Waals surface area contributed by atoms with Gasteiger partial charge in [0, 0.05) is 24.4 Å². The fourth-order valence-electron chi connectivity index (χ4n) is 2.96. The quantitative estimate of drug-likeness (QED) is 0.857. The van der Waals surface area contributed by atoms with E-state index in [-0.39, 0.29) is 11.4 Å². The van der Waals surface area contributed by atoms with Gasteiger partial charge in [0.2, 0.25) is 0 Å². The molecule has 0 saturated heterocycles. The topological polar surface area (TPSA) is 73.7 Å². The normalized spacial score (nSPS) is 18.4. The molecule has 25 heavy (non-hydrogen) atoms. The third-order valence-electron chi connectivity index (χ3n) is 4.23. The molecule has 1 aromatic rings. The van der Waals surface area contributed by atoms with Gasteiger partial charge in [0.05, 0.1) is 11.6 Å². The number of rotatable bonds is 6. The Hall–Kier alpha value is -2.21. The summed E-state index contributed by atoms with van der Waals surface area (Å²) in [6.45, 7) is 6.63. The number of Topliss-reactive ketones (excluding diaryl/α,β-unsaturated/α-hetero) is 1.